The summed E-state index contributed by atoms with van der Waals surface area (Å²) in [5.41, 5.74) is 0.792. The molecule has 0 saturated carbocycles. The van der Waals surface area contributed by atoms with Crippen LogP contribution in [0.4, 0.5) is 0 Å². The van der Waals surface area contributed by atoms with Crippen molar-refractivity contribution in [2.45, 2.75) is 44.0 Å². The molecule has 96 valence electrons. The Bertz CT molecular complexity index is 481. The number of aliphatic hydroxyl groups is 1. The Kier molecular flexibility index (Phi) is 3.85. The Hall–Kier alpha value is -0.460. The highest BCUT2D eigenvalue weighted by molar-refractivity contribution is 7.92. The highest BCUT2D eigenvalue weighted by Crippen LogP contribution is 2.24. The van der Waals surface area contributed by atoms with Gasteiger partial charge in [-0.05, 0) is 19.8 Å². The van der Waals surface area contributed by atoms with Gasteiger partial charge in [-0.15, -0.1) is 11.3 Å². The summed E-state index contributed by atoms with van der Waals surface area (Å²) in [6, 6.07) is 0. The van der Waals surface area contributed by atoms with Gasteiger partial charge in [-0.2, -0.15) is 0 Å². The predicted octanol–water partition coefficient (Wildman–Crippen LogP) is 1.32. The smallest absolute Gasteiger partial charge is 0.155 e. The van der Waals surface area contributed by atoms with E-state index in [9.17, 15) is 13.5 Å². The molecule has 1 aliphatic heterocycles. The largest absolute Gasteiger partial charge is 0.391 e. The quantitative estimate of drug-likeness (QED) is 0.903. The van der Waals surface area contributed by atoms with Gasteiger partial charge in [0, 0.05) is 11.8 Å². The summed E-state index contributed by atoms with van der Waals surface area (Å²) in [5.74, 6) is 0.213. The maximum absolute atomic E-state index is 11.8. The van der Waals surface area contributed by atoms with E-state index in [2.05, 4.69) is 4.98 Å². The average molecular weight is 275 g/mol. The van der Waals surface area contributed by atoms with Crippen LogP contribution in [0.2, 0.25) is 0 Å². The van der Waals surface area contributed by atoms with Gasteiger partial charge in [-0.1, -0.05) is 6.42 Å². The van der Waals surface area contributed by atoms with Gasteiger partial charge in [0.1, 0.15) is 0 Å². The minimum Gasteiger partial charge on any atom is -0.391 e. The lowest BCUT2D eigenvalue weighted by Crippen LogP contribution is -2.39. The van der Waals surface area contributed by atoms with Crippen LogP contribution < -0.4 is 0 Å². The van der Waals surface area contributed by atoms with Crippen molar-refractivity contribution >= 4 is 21.2 Å². The van der Waals surface area contributed by atoms with Gasteiger partial charge in [-0.3, -0.25) is 0 Å². The van der Waals surface area contributed by atoms with E-state index in [1.165, 1.54) is 11.3 Å². The lowest BCUT2D eigenvalue weighted by Gasteiger charge is -2.26. The zero-order chi connectivity index (χ0) is 12.5. The molecule has 2 unspecified atom stereocenters. The van der Waals surface area contributed by atoms with Crippen molar-refractivity contribution in [1.29, 1.82) is 0 Å². The van der Waals surface area contributed by atoms with Crippen molar-refractivity contribution < 1.29 is 13.5 Å². The highest BCUT2D eigenvalue weighted by atomic mass is 32.2. The minimum absolute atomic E-state index is 0.213. The Morgan fingerprint density at radius 2 is 2.35 bits per heavy atom. The summed E-state index contributed by atoms with van der Waals surface area (Å²) in [5, 5.41) is 12.3. The van der Waals surface area contributed by atoms with E-state index in [0.29, 0.717) is 12.8 Å². The molecule has 0 spiro atoms. The SMILES string of the molecule is Cc1nc(CC(O)C2CCCCS2(=O)=O)cs1. The van der Waals surface area contributed by atoms with Gasteiger partial charge in [0.15, 0.2) is 9.84 Å². The molecule has 1 aliphatic rings. The number of aliphatic hydroxyl groups excluding tert-OH is 1. The molecule has 4 nitrogen and oxygen atoms in total. The van der Waals surface area contributed by atoms with Crippen molar-refractivity contribution in [2.24, 2.45) is 0 Å². The molecular weight excluding hydrogens is 258 g/mol. The Morgan fingerprint density at radius 1 is 1.59 bits per heavy atom. The molecule has 0 aliphatic carbocycles. The van der Waals surface area contributed by atoms with Crippen LogP contribution in [0.15, 0.2) is 5.38 Å². The van der Waals surface area contributed by atoms with Gasteiger partial charge >= 0.3 is 0 Å². The van der Waals surface area contributed by atoms with Gasteiger partial charge in [-0.25, -0.2) is 13.4 Å². The van der Waals surface area contributed by atoms with Crippen LogP contribution in [0.25, 0.3) is 0 Å². The fourth-order valence-corrected chi connectivity index (χ4v) is 4.89. The summed E-state index contributed by atoms with van der Waals surface area (Å²) >= 11 is 1.52. The van der Waals surface area contributed by atoms with Crippen LogP contribution in [0.3, 0.4) is 0 Å². The van der Waals surface area contributed by atoms with Crippen molar-refractivity contribution in [2.75, 3.05) is 5.75 Å². The fourth-order valence-electron chi connectivity index (χ4n) is 2.26. The normalized spacial score (nSPS) is 25.6. The van der Waals surface area contributed by atoms with E-state index in [1.54, 1.807) is 0 Å². The molecule has 0 radical (unpaired) electrons. The number of hydrogen-bond acceptors (Lipinski definition) is 5. The molecule has 1 saturated heterocycles. The monoisotopic (exact) mass is 275 g/mol. The number of sulfone groups is 1. The first-order valence-electron chi connectivity index (χ1n) is 5.80. The van der Waals surface area contributed by atoms with Crippen LogP contribution in [0.5, 0.6) is 0 Å². The molecule has 2 heterocycles. The molecular formula is C11H17NO3S2. The summed E-state index contributed by atoms with van der Waals surface area (Å²) in [6.07, 6.45) is 1.71. The van der Waals surface area contributed by atoms with Crippen LogP contribution in [-0.4, -0.2) is 35.6 Å². The number of hydrogen-bond donors (Lipinski definition) is 1. The van der Waals surface area contributed by atoms with Gasteiger partial charge < -0.3 is 5.11 Å². The molecule has 0 bridgehead atoms. The second kappa shape index (κ2) is 5.04. The molecule has 6 heteroatoms. The molecule has 2 atom stereocenters. The predicted molar refractivity (Wildman–Crippen MR) is 68.0 cm³/mol. The van der Waals surface area contributed by atoms with Gasteiger partial charge in [0.05, 0.1) is 27.8 Å². The summed E-state index contributed by atoms with van der Waals surface area (Å²) in [4.78, 5) is 4.26. The topological polar surface area (TPSA) is 67.3 Å². The second-order valence-electron chi connectivity index (χ2n) is 4.53. The minimum atomic E-state index is -3.11. The first-order valence-corrected chi connectivity index (χ1v) is 8.39. The fraction of sp³-hybridized carbons (Fsp3) is 0.727. The number of aromatic nitrogens is 1. The molecule has 2 rings (SSSR count). The maximum Gasteiger partial charge on any atom is 0.155 e. The van der Waals surface area contributed by atoms with Crippen molar-refractivity contribution in [3.8, 4) is 0 Å². The Balaban J connectivity index is 2.06. The number of aryl methyl sites for hydroxylation is 1. The van der Waals surface area contributed by atoms with E-state index in [-0.39, 0.29) is 5.75 Å². The first kappa shape index (κ1) is 13.0. The van der Waals surface area contributed by atoms with Crippen molar-refractivity contribution in [3.05, 3.63) is 16.1 Å². The number of rotatable bonds is 3. The summed E-state index contributed by atoms with van der Waals surface area (Å²) < 4.78 is 23.7. The summed E-state index contributed by atoms with van der Waals surface area (Å²) in [7, 11) is -3.11. The lowest BCUT2D eigenvalue weighted by molar-refractivity contribution is 0.161. The standard InChI is InChI=1S/C11H17NO3S2/c1-8-12-9(7-16-8)6-10(13)11-4-2-3-5-17(11,14)15/h7,10-11,13H,2-6H2,1H3. The number of nitrogens with zero attached hydrogens (tertiary/aromatic N) is 1. The first-order chi connectivity index (χ1) is 7.99. The third kappa shape index (κ3) is 3.05. The van der Waals surface area contributed by atoms with Crippen LogP contribution >= 0.6 is 11.3 Å². The van der Waals surface area contributed by atoms with E-state index in [0.717, 1.165) is 23.5 Å². The van der Waals surface area contributed by atoms with Gasteiger partial charge in [0.25, 0.3) is 0 Å². The molecule has 1 N–H and O–H groups in total. The average Bonchev–Trinajstić information content (AvgIpc) is 2.63. The van der Waals surface area contributed by atoms with Crippen LogP contribution in [-0.2, 0) is 16.3 Å². The third-order valence-corrected chi connectivity index (χ3v) is 6.30. The van der Waals surface area contributed by atoms with Crippen molar-refractivity contribution in [3.63, 3.8) is 0 Å². The van der Waals surface area contributed by atoms with Crippen LogP contribution in [0.1, 0.15) is 30.0 Å². The summed E-state index contributed by atoms with van der Waals surface area (Å²) in [6.45, 7) is 1.90. The molecule has 17 heavy (non-hydrogen) atoms. The molecule has 0 amide bonds. The van der Waals surface area contributed by atoms with E-state index >= 15 is 0 Å². The molecule has 1 fully saturated rings. The van der Waals surface area contributed by atoms with E-state index in [1.807, 2.05) is 12.3 Å². The third-order valence-electron chi connectivity index (χ3n) is 3.14. The second-order valence-corrected chi connectivity index (χ2v) is 7.93. The zero-order valence-corrected chi connectivity index (χ0v) is 11.4. The molecule has 1 aromatic heterocycles. The van der Waals surface area contributed by atoms with Gasteiger partial charge in [0.2, 0.25) is 0 Å². The number of thiazole rings is 1. The maximum atomic E-state index is 11.8. The highest BCUT2D eigenvalue weighted by Gasteiger charge is 2.34. The Labute approximate surface area is 106 Å². The lowest BCUT2D eigenvalue weighted by atomic mass is 10.1. The Morgan fingerprint density at radius 3 is 2.94 bits per heavy atom. The molecule has 0 aromatic carbocycles. The van der Waals surface area contributed by atoms with Crippen LogP contribution in [0, 0.1) is 6.92 Å². The zero-order valence-electron chi connectivity index (χ0n) is 9.80. The van der Waals surface area contributed by atoms with E-state index < -0.39 is 21.2 Å². The van der Waals surface area contributed by atoms with Crippen molar-refractivity contribution in [1.82, 2.24) is 4.98 Å². The molecule has 1 aromatic rings. The van der Waals surface area contributed by atoms with E-state index in [4.69, 9.17) is 0 Å².